The van der Waals surface area contributed by atoms with Crippen molar-refractivity contribution in [2.24, 2.45) is 11.7 Å². The second kappa shape index (κ2) is 36.9. The van der Waals surface area contributed by atoms with Crippen molar-refractivity contribution < 1.29 is 141 Å². The number of likely N-dealkylation sites (N-methyl/N-ethyl adjacent to an activating group) is 1. The number of alkyl halides is 3. The topological polar surface area (TPSA) is 555 Å². The van der Waals surface area contributed by atoms with Crippen molar-refractivity contribution in [3.8, 4) is 62.9 Å². The number of benzene rings is 7. The third-order valence-electron chi connectivity index (χ3n) is 21.0. The van der Waals surface area contributed by atoms with E-state index in [4.69, 9.17) is 57.4 Å². The average molecular weight is 1740 g/mol. The lowest BCUT2D eigenvalue weighted by molar-refractivity contribution is -0.277. The van der Waals surface area contributed by atoms with E-state index in [2.05, 4.69) is 52.6 Å². The number of halogens is 5. The van der Waals surface area contributed by atoms with Gasteiger partial charge in [-0.05, 0) is 152 Å². The number of carboxylic acid groups (broad SMARTS) is 1. The molecule has 0 radical (unpaired) electrons. The minimum atomic E-state index is -4.99. The zero-order valence-electron chi connectivity index (χ0n) is 65.0. The van der Waals surface area contributed by atoms with Crippen molar-refractivity contribution in [1.29, 1.82) is 0 Å². The lowest BCUT2D eigenvalue weighted by atomic mass is 9.84. The molecule has 18 atom stereocenters. The zero-order valence-corrected chi connectivity index (χ0v) is 66.5. The van der Waals surface area contributed by atoms with Crippen LogP contribution >= 0.6 is 23.2 Å². The van der Waals surface area contributed by atoms with Gasteiger partial charge in [0, 0.05) is 52.5 Å². The molecule has 8 amide bonds. The summed E-state index contributed by atoms with van der Waals surface area (Å²) in [7, 11) is 1.46. The Morgan fingerprint density at radius 2 is 1.34 bits per heavy atom. The number of rotatable bonds is 19. The fraction of sp³-hybridized carbons (Fsp3) is 0.370. The third-order valence-corrected chi connectivity index (χ3v) is 21.5. The number of phenols is 3. The number of fused-ring (bicyclic) bond motifs is 15. The van der Waals surface area contributed by atoms with Crippen LogP contribution in [0.1, 0.15) is 121 Å². The first kappa shape index (κ1) is 89.6. The maximum absolute atomic E-state index is 16.4. The van der Waals surface area contributed by atoms with Gasteiger partial charge in [0.05, 0.1) is 41.3 Å². The van der Waals surface area contributed by atoms with Crippen molar-refractivity contribution in [3.63, 3.8) is 0 Å². The fourth-order valence-corrected chi connectivity index (χ4v) is 15.2. The number of nitrogens with two attached hydrogens (primary N) is 1. The molecule has 2 saturated heterocycles. The number of primary amides is 1. The molecule has 0 spiro atoms. The smallest absolute Gasteiger partial charge is 0.508 e. The summed E-state index contributed by atoms with van der Waals surface area (Å²) in [5.74, 6) is -18.0. The molecule has 0 aliphatic carbocycles. The van der Waals surface area contributed by atoms with Crippen LogP contribution in [0.25, 0.3) is 11.1 Å². The number of hydrogen-bond donors (Lipinski definition) is 20. The number of aliphatic hydroxyl groups excluding tert-OH is 6. The summed E-state index contributed by atoms with van der Waals surface area (Å²) < 4.78 is 81.4. The fourth-order valence-electron chi connectivity index (χ4n) is 14.7. The molecule has 650 valence electrons. The molecule has 0 aromatic heterocycles. The van der Waals surface area contributed by atoms with Crippen LogP contribution in [0.4, 0.5) is 18.9 Å². The van der Waals surface area contributed by atoms with Gasteiger partial charge in [0.1, 0.15) is 101 Å². The van der Waals surface area contributed by atoms with Gasteiger partial charge in [-0.3, -0.25) is 38.4 Å². The Hall–Kier alpha value is -11.7. The van der Waals surface area contributed by atoms with E-state index < -0.39 is 272 Å². The molecular weight excluding hydrogens is 1660 g/mol. The van der Waals surface area contributed by atoms with E-state index in [-0.39, 0.29) is 47.0 Å². The van der Waals surface area contributed by atoms with Crippen LogP contribution in [-0.4, -0.2) is 203 Å². The van der Waals surface area contributed by atoms with Gasteiger partial charge in [-0.1, -0.05) is 67.4 Å². The summed E-state index contributed by atoms with van der Waals surface area (Å²) in [6.07, 6.45) is -24.9. The van der Waals surface area contributed by atoms with E-state index in [9.17, 15) is 88.2 Å². The van der Waals surface area contributed by atoms with E-state index in [1.165, 1.54) is 32.2 Å². The van der Waals surface area contributed by atoms with Crippen molar-refractivity contribution in [2.75, 3.05) is 19.0 Å². The Bertz CT molecular complexity index is 5190. The molecule has 14 rings (SSSR count). The molecule has 7 heterocycles. The summed E-state index contributed by atoms with van der Waals surface area (Å²) in [6, 6.07) is 9.26. The maximum Gasteiger partial charge on any atom is 0.573 e. The molecular formula is C81H85Cl2F3N10O26. The predicted molar refractivity (Wildman–Crippen MR) is 419 cm³/mol. The molecule has 21 N–H and O–H groups in total. The first-order valence-electron chi connectivity index (χ1n) is 37.9. The van der Waals surface area contributed by atoms with Crippen LogP contribution in [0.3, 0.4) is 0 Å². The first-order valence-corrected chi connectivity index (χ1v) is 38.6. The van der Waals surface area contributed by atoms with Gasteiger partial charge in [-0.25, -0.2) is 4.79 Å². The Labute approximate surface area is 701 Å². The highest BCUT2D eigenvalue weighted by Gasteiger charge is 2.50. The second-order valence-electron chi connectivity index (χ2n) is 30.2. The monoisotopic (exact) mass is 1740 g/mol. The molecule has 122 heavy (non-hydrogen) atoms. The van der Waals surface area contributed by atoms with Gasteiger partial charge >= 0.3 is 12.3 Å². The van der Waals surface area contributed by atoms with Crippen LogP contribution < -0.4 is 72.5 Å². The normalized spacial score (nSPS) is 26.4. The largest absolute Gasteiger partial charge is 0.573 e. The number of carbonyl (C=O) groups is 9. The number of nitrogens with one attached hydrogen (secondary N) is 9. The molecule has 41 heteroatoms. The summed E-state index contributed by atoms with van der Waals surface area (Å²) >= 11 is 14.4. The third kappa shape index (κ3) is 20.1. The first-order chi connectivity index (χ1) is 57.7. The number of phenolic OH excluding ortho intramolecular Hbond substituents is 3. The van der Waals surface area contributed by atoms with Gasteiger partial charge in [-0.15, -0.1) is 13.2 Å². The molecule has 7 aromatic carbocycles. The quantitative estimate of drug-likeness (QED) is 0.0542. The number of amides is 8. The number of carboxylic acids is 1. The number of hydrogen-bond acceptors (Lipinski definition) is 27. The highest BCUT2D eigenvalue weighted by atomic mass is 35.5. The lowest BCUT2D eigenvalue weighted by Gasteiger charge is -2.47. The standard InChI is InChI=1S/C81H85Cl2F3N10O26/c1-32(2)19-47(88-5)72(108)95-62-64(102)37-12-17-51(45(82)22-37)117-53-24-39-25-54(69(53)121-79-67(105)66(104)65(103)55(31-97)119-79)118-52-18-13-38(23-46(52)83)68(120-57-29-80(4,70(106)33(3)116-57)89-30-34-7-6-8-40(20-34)90-71(107)35-9-14-42(15-10-35)122-81(84,85)86)63-77(113)94-61(78(114)115)44-26-41(98)27-50(100)58(44)43-21-36(11-16-49(43)99)59(74(110)96-63)93-75(111)60(39)92-73(109)48(28-56(87)101)91-76(62)112/h6-18,20-27,32-33,47-48,55,57,59-68,70,79,88-89,97-100,102-106H,19,28-31H2,1-5H3,(H2,87,101)(H,90,107)(H,91,112)(H,92,109)(H,93,111)(H,94,113)(H,95,108)(H,96,110)(H,114,115)/t33-,47-,48+,55-,57+,59?,60?,61-,62-,63+,64-,65-,66-,67-,68-,70+,79?,80+/m1/s1. The van der Waals surface area contributed by atoms with Gasteiger partial charge in [0.2, 0.25) is 53.4 Å². The van der Waals surface area contributed by atoms with E-state index in [1.54, 1.807) is 39.0 Å². The van der Waals surface area contributed by atoms with E-state index in [0.29, 0.717) is 5.56 Å². The van der Waals surface area contributed by atoms with E-state index in [0.717, 1.165) is 91.0 Å². The van der Waals surface area contributed by atoms with Crippen LogP contribution in [0.2, 0.25) is 10.0 Å². The van der Waals surface area contributed by atoms with Gasteiger partial charge in [0.25, 0.3) is 5.91 Å². The predicted octanol–water partition coefficient (Wildman–Crippen LogP) is 4.09. The average Bonchev–Trinajstić information content (AvgIpc) is 0.779. The van der Waals surface area contributed by atoms with Gasteiger partial charge < -0.3 is 138 Å². The highest BCUT2D eigenvalue weighted by molar-refractivity contribution is 6.32. The molecule has 3 unspecified atom stereocenters. The summed E-state index contributed by atoms with van der Waals surface area (Å²) in [6.45, 7) is 5.53. The van der Waals surface area contributed by atoms with Gasteiger partial charge in [-0.2, -0.15) is 0 Å². The molecule has 7 aromatic rings. The maximum atomic E-state index is 16.4. The van der Waals surface area contributed by atoms with E-state index >= 15 is 19.2 Å². The zero-order chi connectivity index (χ0) is 88.4. The number of carbonyl (C=O) groups excluding carboxylic acids is 8. The molecule has 0 saturated carbocycles. The molecule has 7 aliphatic heterocycles. The Morgan fingerprint density at radius 1 is 0.697 bits per heavy atom. The van der Waals surface area contributed by atoms with E-state index in [1.807, 2.05) is 0 Å². The molecule has 7 aliphatic rings. The van der Waals surface area contributed by atoms with Crippen LogP contribution in [-0.2, 0) is 59.1 Å². The second-order valence-corrected chi connectivity index (χ2v) is 31.0. The Balaban J connectivity index is 1.03. The number of anilines is 1. The SMILES string of the molecule is CN[C@H](CC(C)C)C(=O)N[C@H]1C(=O)N[C@@H](CC(N)=O)C(=O)NC2C(=O)NC3C(=O)N[C@H](C(=O)N[C@@H](C(=O)O)c4cc(O)cc(O)c4-c4cc3ccc4O)[C@H](O[C@H]3C[C@](C)(NCc4cccc(NC(=O)c5ccc(OC(F)(F)F)cc5)c4)[C@@H](O)[C@@H](C)O3)c3ccc(c(Cl)c3)Oc3cc2cc(c3OC2O[C@H](CO)[C@@H](O)[C@@H](O)[C@H]2O)Oc2ccc(cc2Cl)[C@H]1O. The highest BCUT2D eigenvalue weighted by Crippen LogP contribution is 2.50. The minimum Gasteiger partial charge on any atom is -0.508 e. The van der Waals surface area contributed by atoms with Gasteiger partial charge in [0.15, 0.2) is 23.8 Å². The number of ether oxygens (including phenoxy) is 7. The van der Waals surface area contributed by atoms with Crippen LogP contribution in [0, 0.1) is 5.92 Å². The number of aromatic hydroxyl groups is 3. The van der Waals surface area contributed by atoms with Crippen molar-refractivity contribution in [3.05, 3.63) is 176 Å². The van der Waals surface area contributed by atoms with Crippen molar-refractivity contribution in [2.45, 2.75) is 169 Å². The molecule has 36 nitrogen and oxygen atoms in total. The number of aliphatic carboxylic acids is 1. The Kier molecular flexibility index (Phi) is 27.1. The summed E-state index contributed by atoms with van der Waals surface area (Å²) in [4.78, 5) is 134. The van der Waals surface area contributed by atoms with Crippen LogP contribution in [0.15, 0.2) is 127 Å². The lowest BCUT2D eigenvalue weighted by Crippen LogP contribution is -2.63. The Morgan fingerprint density at radius 3 is 1.97 bits per heavy atom. The molecule has 11 bridgehead atoms. The van der Waals surface area contributed by atoms with Crippen molar-refractivity contribution >= 4 is 82.1 Å². The molecule has 2 fully saturated rings. The van der Waals surface area contributed by atoms with Crippen LogP contribution in [0.5, 0.6) is 51.7 Å². The summed E-state index contributed by atoms with van der Waals surface area (Å²) in [5.41, 5.74) is 1.90. The van der Waals surface area contributed by atoms with Crippen molar-refractivity contribution in [1.82, 2.24) is 42.5 Å². The summed E-state index contributed by atoms with van der Waals surface area (Å²) in [5, 5.41) is 137. The number of aliphatic hydroxyl groups is 6. The minimum absolute atomic E-state index is 0.0331.